The van der Waals surface area contributed by atoms with Gasteiger partial charge >= 0.3 is 0 Å². The maximum atomic E-state index is 13.0. The average Bonchev–Trinajstić information content (AvgIpc) is 2.55. The van der Waals surface area contributed by atoms with Crippen LogP contribution >= 0.6 is 0 Å². The molecule has 2 heterocycles. The number of aromatic nitrogens is 1. The second kappa shape index (κ2) is 6.22. The molecule has 0 saturated heterocycles. The summed E-state index contributed by atoms with van der Waals surface area (Å²) in [6.07, 6.45) is 0.591. The van der Waals surface area contributed by atoms with Crippen molar-refractivity contribution in [2.24, 2.45) is 0 Å². The lowest BCUT2D eigenvalue weighted by Crippen LogP contribution is -2.51. The third kappa shape index (κ3) is 2.62. The Morgan fingerprint density at radius 2 is 1.92 bits per heavy atom. The van der Waals surface area contributed by atoms with Crippen LogP contribution in [0.15, 0.2) is 29.1 Å². The van der Waals surface area contributed by atoms with Crippen LogP contribution in [0.1, 0.15) is 51.7 Å². The molecule has 0 spiro atoms. The van der Waals surface area contributed by atoms with E-state index < -0.39 is 17.8 Å². The molecule has 1 aromatic carbocycles. The number of unbranched alkanes of at least 4 members (excludes halogenated alkanes) is 2. The predicted molar refractivity (Wildman–Crippen MR) is 93.4 cm³/mol. The summed E-state index contributed by atoms with van der Waals surface area (Å²) in [5, 5.41) is 21.7. The molecule has 0 radical (unpaired) electrons. The highest BCUT2D eigenvalue weighted by molar-refractivity contribution is 5.87. The van der Waals surface area contributed by atoms with Crippen molar-refractivity contribution in [1.29, 1.82) is 0 Å². The third-order valence-corrected chi connectivity index (χ3v) is 4.82. The van der Waals surface area contributed by atoms with Gasteiger partial charge in [0.25, 0.3) is 5.56 Å². The van der Waals surface area contributed by atoms with Gasteiger partial charge < -0.3 is 19.5 Å². The van der Waals surface area contributed by atoms with Crippen LogP contribution in [0.2, 0.25) is 0 Å². The Balaban J connectivity index is 2.26. The minimum Gasteiger partial charge on any atom is -0.484 e. The SMILES string of the molecule is CCCCCn1c(=O)c2c(c3ccccc31)OC(C)(C)[C@H](O)[C@H]2O. The van der Waals surface area contributed by atoms with Crippen LogP contribution in [-0.4, -0.2) is 26.5 Å². The Morgan fingerprint density at radius 1 is 1.21 bits per heavy atom. The zero-order valence-corrected chi connectivity index (χ0v) is 14.5. The molecule has 0 aliphatic carbocycles. The molecule has 0 fully saturated rings. The fourth-order valence-electron chi connectivity index (χ4n) is 3.37. The minimum atomic E-state index is -1.25. The van der Waals surface area contributed by atoms with Crippen LogP contribution in [-0.2, 0) is 6.54 Å². The first-order valence-electron chi connectivity index (χ1n) is 8.59. The molecule has 5 heteroatoms. The predicted octanol–water partition coefficient (Wildman–Crippen LogP) is 2.76. The lowest BCUT2D eigenvalue weighted by molar-refractivity contribution is -0.111. The number of nitrogens with zero attached hydrogens (tertiary/aromatic N) is 1. The molecule has 1 aliphatic rings. The van der Waals surface area contributed by atoms with Gasteiger partial charge in [0.05, 0.1) is 11.1 Å². The summed E-state index contributed by atoms with van der Waals surface area (Å²) in [6, 6.07) is 7.57. The van der Waals surface area contributed by atoms with Gasteiger partial charge in [0.1, 0.15) is 23.6 Å². The molecule has 2 aromatic rings. The molecule has 2 N–H and O–H groups in total. The number of aliphatic hydroxyl groups is 2. The topological polar surface area (TPSA) is 71.7 Å². The Kier molecular flexibility index (Phi) is 4.40. The summed E-state index contributed by atoms with van der Waals surface area (Å²) in [4.78, 5) is 13.0. The molecule has 0 unspecified atom stereocenters. The van der Waals surface area contributed by atoms with Crippen LogP contribution < -0.4 is 10.3 Å². The molecule has 3 rings (SSSR count). The Bertz CT molecular complexity index is 809. The van der Waals surface area contributed by atoms with Crippen molar-refractivity contribution in [1.82, 2.24) is 4.57 Å². The van der Waals surface area contributed by atoms with Crippen LogP contribution in [0.3, 0.4) is 0 Å². The Hall–Kier alpha value is -1.85. The molecular weight excluding hydrogens is 306 g/mol. The highest BCUT2D eigenvalue weighted by Gasteiger charge is 2.44. The average molecular weight is 331 g/mol. The standard InChI is InChI=1S/C19H25NO4/c1-4-5-8-11-20-13-10-7-6-9-12(13)16-14(18(20)23)15(21)17(22)19(2,3)24-16/h6-7,9-10,15,17,21-22H,4-5,8,11H2,1-3H3/t15-,17+/m0/s1. The number of pyridine rings is 1. The number of hydrogen-bond acceptors (Lipinski definition) is 4. The number of para-hydroxylation sites is 1. The number of aliphatic hydroxyl groups excluding tert-OH is 2. The van der Waals surface area contributed by atoms with E-state index in [0.717, 1.165) is 30.2 Å². The van der Waals surface area contributed by atoms with Gasteiger partial charge in [-0.3, -0.25) is 4.79 Å². The molecule has 5 nitrogen and oxygen atoms in total. The Morgan fingerprint density at radius 3 is 2.62 bits per heavy atom. The van der Waals surface area contributed by atoms with Crippen molar-refractivity contribution >= 4 is 10.9 Å². The monoisotopic (exact) mass is 331 g/mol. The van der Waals surface area contributed by atoms with E-state index >= 15 is 0 Å². The van der Waals surface area contributed by atoms with Gasteiger partial charge in [0, 0.05) is 11.9 Å². The van der Waals surface area contributed by atoms with E-state index in [1.807, 2.05) is 24.3 Å². The van der Waals surface area contributed by atoms with Gasteiger partial charge in [-0.2, -0.15) is 0 Å². The molecule has 2 atom stereocenters. The molecule has 130 valence electrons. The third-order valence-electron chi connectivity index (χ3n) is 4.82. The lowest BCUT2D eigenvalue weighted by atomic mass is 9.88. The molecular formula is C19H25NO4. The molecule has 0 bridgehead atoms. The minimum absolute atomic E-state index is 0.164. The molecule has 24 heavy (non-hydrogen) atoms. The summed E-state index contributed by atoms with van der Waals surface area (Å²) in [5.74, 6) is 0.394. The van der Waals surface area contributed by atoms with Crippen molar-refractivity contribution in [3.8, 4) is 5.75 Å². The molecule has 0 amide bonds. The number of ether oxygens (including phenoxy) is 1. The second-order valence-corrected chi connectivity index (χ2v) is 7.02. The number of benzene rings is 1. The first-order valence-corrected chi connectivity index (χ1v) is 8.59. The maximum Gasteiger partial charge on any atom is 0.260 e. The van der Waals surface area contributed by atoms with Crippen LogP contribution in [0.5, 0.6) is 5.75 Å². The molecule has 1 aliphatic heterocycles. The second-order valence-electron chi connectivity index (χ2n) is 7.02. The smallest absolute Gasteiger partial charge is 0.260 e. The van der Waals surface area contributed by atoms with Gasteiger partial charge in [-0.25, -0.2) is 0 Å². The van der Waals surface area contributed by atoms with Crippen molar-refractivity contribution in [3.63, 3.8) is 0 Å². The van der Waals surface area contributed by atoms with Gasteiger partial charge in [-0.05, 0) is 32.4 Å². The maximum absolute atomic E-state index is 13.0. The van der Waals surface area contributed by atoms with Gasteiger partial charge in [-0.15, -0.1) is 0 Å². The fraction of sp³-hybridized carbons (Fsp3) is 0.526. The lowest BCUT2D eigenvalue weighted by Gasteiger charge is -2.40. The zero-order valence-electron chi connectivity index (χ0n) is 14.5. The number of hydrogen-bond donors (Lipinski definition) is 2. The van der Waals surface area contributed by atoms with E-state index in [0.29, 0.717) is 12.3 Å². The first-order chi connectivity index (χ1) is 11.4. The highest BCUT2D eigenvalue weighted by Crippen LogP contribution is 2.41. The van der Waals surface area contributed by atoms with E-state index in [1.54, 1.807) is 18.4 Å². The zero-order chi connectivity index (χ0) is 17.5. The van der Waals surface area contributed by atoms with E-state index in [2.05, 4.69) is 6.92 Å². The summed E-state index contributed by atoms with van der Waals surface area (Å²) < 4.78 is 7.65. The summed E-state index contributed by atoms with van der Waals surface area (Å²) >= 11 is 0. The van der Waals surface area contributed by atoms with E-state index in [9.17, 15) is 15.0 Å². The van der Waals surface area contributed by atoms with Crippen LogP contribution in [0, 0.1) is 0 Å². The van der Waals surface area contributed by atoms with Crippen molar-refractivity contribution in [3.05, 3.63) is 40.2 Å². The van der Waals surface area contributed by atoms with Gasteiger partial charge in [0.2, 0.25) is 0 Å². The normalized spacial score (nSPS) is 22.2. The summed E-state index contributed by atoms with van der Waals surface area (Å²) in [6.45, 7) is 6.13. The fourth-order valence-corrected chi connectivity index (χ4v) is 3.37. The van der Waals surface area contributed by atoms with Crippen molar-refractivity contribution < 1.29 is 14.9 Å². The van der Waals surface area contributed by atoms with Crippen LogP contribution in [0.25, 0.3) is 10.9 Å². The van der Waals surface area contributed by atoms with Gasteiger partial charge in [0.15, 0.2) is 0 Å². The van der Waals surface area contributed by atoms with E-state index in [-0.39, 0.29) is 11.1 Å². The van der Waals surface area contributed by atoms with Crippen LogP contribution in [0.4, 0.5) is 0 Å². The summed E-state index contributed by atoms with van der Waals surface area (Å²) in [7, 11) is 0. The largest absolute Gasteiger partial charge is 0.484 e. The summed E-state index contributed by atoms with van der Waals surface area (Å²) in [5.41, 5.74) is -0.272. The van der Waals surface area contributed by atoms with E-state index in [4.69, 9.17) is 4.74 Å². The number of aryl methyl sites for hydroxylation is 1. The Labute approximate surface area is 141 Å². The molecule has 1 aromatic heterocycles. The quantitative estimate of drug-likeness (QED) is 0.845. The molecule has 0 saturated carbocycles. The highest BCUT2D eigenvalue weighted by atomic mass is 16.5. The first kappa shape index (κ1) is 17.0. The number of rotatable bonds is 4. The van der Waals surface area contributed by atoms with Gasteiger partial charge in [-0.1, -0.05) is 31.9 Å². The number of fused-ring (bicyclic) bond motifs is 3. The van der Waals surface area contributed by atoms with Crippen molar-refractivity contribution in [2.75, 3.05) is 0 Å². The van der Waals surface area contributed by atoms with Crippen molar-refractivity contribution in [2.45, 2.75) is 64.4 Å². The van der Waals surface area contributed by atoms with E-state index in [1.165, 1.54) is 0 Å².